The normalized spacial score (nSPS) is 13.3. The molecule has 7 nitrogen and oxygen atoms in total. The summed E-state index contributed by atoms with van der Waals surface area (Å²) < 4.78 is 45.7. The van der Waals surface area contributed by atoms with Gasteiger partial charge in [-0.15, -0.1) is 0 Å². The molecule has 2 N–H and O–H groups in total. The van der Waals surface area contributed by atoms with Gasteiger partial charge in [-0.25, -0.2) is 9.78 Å². The Morgan fingerprint density at radius 3 is 2.18 bits per heavy atom. The molecule has 1 aliphatic rings. The summed E-state index contributed by atoms with van der Waals surface area (Å²) in [5.74, 6) is -0.244. The summed E-state index contributed by atoms with van der Waals surface area (Å²) in [5, 5.41) is 0. The van der Waals surface area contributed by atoms with E-state index >= 15 is 0 Å². The Balaban J connectivity index is 1.44. The maximum atomic E-state index is 13.7. The zero-order valence-corrected chi connectivity index (χ0v) is 20.1. The number of anilines is 1. The van der Waals surface area contributed by atoms with Crippen molar-refractivity contribution >= 4 is 12.0 Å². The SMILES string of the molecule is Nc1nc2c(c(=O)n1C(c1ccccc1)c1ccccc1)CCN(C(=O)Oc1cccc(C(F)(F)F)c1)C2. The van der Waals surface area contributed by atoms with E-state index in [-0.39, 0.29) is 36.8 Å². The fourth-order valence-electron chi connectivity index (χ4n) is 4.59. The Morgan fingerprint density at radius 1 is 0.947 bits per heavy atom. The number of carbonyl (C=O) groups excluding carboxylic acids is 1. The third-order valence-corrected chi connectivity index (χ3v) is 6.41. The fourth-order valence-corrected chi connectivity index (χ4v) is 4.59. The van der Waals surface area contributed by atoms with Crippen LogP contribution in [0.4, 0.5) is 23.9 Å². The maximum absolute atomic E-state index is 13.7. The molecule has 0 spiro atoms. The minimum Gasteiger partial charge on any atom is -0.410 e. The van der Waals surface area contributed by atoms with Gasteiger partial charge in [-0.1, -0.05) is 66.7 Å². The van der Waals surface area contributed by atoms with E-state index in [1.54, 1.807) is 0 Å². The van der Waals surface area contributed by atoms with Crippen molar-refractivity contribution < 1.29 is 22.7 Å². The molecule has 0 saturated carbocycles. The quantitative estimate of drug-likeness (QED) is 0.407. The van der Waals surface area contributed by atoms with E-state index in [0.717, 1.165) is 29.3 Å². The molecule has 1 aromatic heterocycles. The molecule has 2 heterocycles. The smallest absolute Gasteiger partial charge is 0.410 e. The van der Waals surface area contributed by atoms with Crippen molar-refractivity contribution in [2.75, 3.05) is 12.3 Å². The Bertz CT molecular complexity index is 1480. The molecular formula is C28H23F3N4O3. The molecule has 0 bridgehead atoms. The van der Waals surface area contributed by atoms with Gasteiger partial charge in [0.15, 0.2) is 0 Å². The van der Waals surface area contributed by atoms with Crippen LogP contribution in [-0.4, -0.2) is 27.1 Å². The number of rotatable bonds is 4. The molecule has 3 aromatic carbocycles. The van der Waals surface area contributed by atoms with Gasteiger partial charge in [-0.05, 0) is 35.7 Å². The summed E-state index contributed by atoms with van der Waals surface area (Å²) in [6.45, 7) is 0.0712. The number of benzene rings is 3. The molecule has 5 rings (SSSR count). The summed E-state index contributed by atoms with van der Waals surface area (Å²) >= 11 is 0. The van der Waals surface area contributed by atoms with Crippen LogP contribution in [0.25, 0.3) is 0 Å². The van der Waals surface area contributed by atoms with Gasteiger partial charge in [0.05, 0.1) is 23.8 Å². The number of nitrogen functional groups attached to an aromatic ring is 1. The summed E-state index contributed by atoms with van der Waals surface area (Å²) in [6, 6.07) is 22.5. The van der Waals surface area contributed by atoms with Gasteiger partial charge in [0.25, 0.3) is 5.56 Å². The molecule has 0 unspecified atom stereocenters. The molecule has 1 amide bonds. The molecule has 1 aliphatic heterocycles. The van der Waals surface area contributed by atoms with Crippen LogP contribution < -0.4 is 16.0 Å². The first-order valence-corrected chi connectivity index (χ1v) is 11.9. The van der Waals surface area contributed by atoms with Crippen molar-refractivity contribution in [2.45, 2.75) is 25.2 Å². The summed E-state index contributed by atoms with van der Waals surface area (Å²) in [7, 11) is 0. The second-order valence-electron chi connectivity index (χ2n) is 8.86. The lowest BCUT2D eigenvalue weighted by atomic mass is 9.97. The van der Waals surface area contributed by atoms with Crippen LogP contribution in [0, 0.1) is 0 Å². The highest BCUT2D eigenvalue weighted by atomic mass is 19.4. The number of hydrogen-bond donors (Lipinski definition) is 1. The van der Waals surface area contributed by atoms with Gasteiger partial charge in [0.1, 0.15) is 5.75 Å². The topological polar surface area (TPSA) is 90.5 Å². The summed E-state index contributed by atoms with van der Waals surface area (Å²) in [6.07, 6.45) is -5.22. The Kier molecular flexibility index (Phi) is 6.62. The van der Waals surface area contributed by atoms with Crippen LogP contribution in [0.2, 0.25) is 0 Å². The highest BCUT2D eigenvalue weighted by Crippen LogP contribution is 2.32. The van der Waals surface area contributed by atoms with Crippen molar-refractivity contribution in [3.05, 3.63) is 123 Å². The molecule has 0 saturated heterocycles. The summed E-state index contributed by atoms with van der Waals surface area (Å²) in [5.41, 5.74) is 7.58. The van der Waals surface area contributed by atoms with Crippen LogP contribution in [0.1, 0.15) is 34.0 Å². The van der Waals surface area contributed by atoms with E-state index in [1.165, 1.54) is 15.5 Å². The number of nitrogens with zero attached hydrogens (tertiary/aromatic N) is 3. The number of amides is 1. The third-order valence-electron chi connectivity index (χ3n) is 6.41. The van der Waals surface area contributed by atoms with Gasteiger partial charge >= 0.3 is 12.3 Å². The molecule has 0 atom stereocenters. The molecular weight excluding hydrogens is 497 g/mol. The predicted molar refractivity (Wildman–Crippen MR) is 135 cm³/mol. The molecule has 0 aliphatic carbocycles. The number of fused-ring (bicyclic) bond motifs is 1. The van der Waals surface area contributed by atoms with E-state index in [2.05, 4.69) is 4.98 Å². The molecule has 194 valence electrons. The van der Waals surface area contributed by atoms with Crippen molar-refractivity contribution in [1.29, 1.82) is 0 Å². The zero-order valence-electron chi connectivity index (χ0n) is 20.1. The number of ether oxygens (including phenoxy) is 1. The minimum absolute atomic E-state index is 0.0143. The first-order chi connectivity index (χ1) is 18.2. The van der Waals surface area contributed by atoms with E-state index in [9.17, 15) is 22.8 Å². The zero-order chi connectivity index (χ0) is 26.9. The Morgan fingerprint density at radius 2 is 1.58 bits per heavy atom. The molecule has 38 heavy (non-hydrogen) atoms. The van der Waals surface area contributed by atoms with E-state index < -0.39 is 23.9 Å². The van der Waals surface area contributed by atoms with Crippen LogP contribution in [0.3, 0.4) is 0 Å². The Labute approximate surface area is 215 Å². The number of hydrogen-bond acceptors (Lipinski definition) is 5. The summed E-state index contributed by atoms with van der Waals surface area (Å²) in [4.78, 5) is 32.2. The Hall–Kier alpha value is -4.60. The number of nitrogens with two attached hydrogens (primary N) is 1. The first kappa shape index (κ1) is 25.1. The third kappa shape index (κ3) is 4.97. The molecule has 4 aromatic rings. The van der Waals surface area contributed by atoms with Crippen LogP contribution in [0.5, 0.6) is 5.75 Å². The van der Waals surface area contributed by atoms with Gasteiger partial charge < -0.3 is 15.4 Å². The van der Waals surface area contributed by atoms with E-state index in [1.807, 2.05) is 60.7 Å². The van der Waals surface area contributed by atoms with Crippen LogP contribution in [-0.2, 0) is 19.1 Å². The number of alkyl halides is 3. The van der Waals surface area contributed by atoms with Crippen molar-refractivity contribution in [2.24, 2.45) is 0 Å². The fraction of sp³-hybridized carbons (Fsp3) is 0.179. The number of halogens is 3. The highest BCUT2D eigenvalue weighted by Gasteiger charge is 2.32. The van der Waals surface area contributed by atoms with E-state index in [4.69, 9.17) is 10.5 Å². The standard InChI is InChI=1S/C28H23F3N4O3/c29-28(30,31)20-12-7-13-21(16-20)38-27(37)34-15-14-22-23(17-34)33-26(32)35(25(22)36)24(18-8-3-1-4-9-18)19-10-5-2-6-11-19/h1-13,16,24H,14-15,17H2,(H2,32,33). The van der Waals surface area contributed by atoms with Gasteiger partial charge in [0.2, 0.25) is 5.95 Å². The first-order valence-electron chi connectivity index (χ1n) is 11.9. The molecule has 10 heteroatoms. The van der Waals surface area contributed by atoms with Gasteiger partial charge in [0, 0.05) is 12.1 Å². The molecule has 0 fully saturated rings. The second-order valence-corrected chi connectivity index (χ2v) is 8.86. The maximum Gasteiger partial charge on any atom is 0.416 e. The minimum atomic E-state index is -4.56. The van der Waals surface area contributed by atoms with Crippen LogP contribution >= 0.6 is 0 Å². The predicted octanol–water partition coefficient (Wildman–Crippen LogP) is 5.04. The number of aromatic nitrogens is 2. The van der Waals surface area contributed by atoms with Crippen molar-refractivity contribution in [3.8, 4) is 5.75 Å². The molecule has 0 radical (unpaired) electrons. The van der Waals surface area contributed by atoms with E-state index in [0.29, 0.717) is 11.3 Å². The van der Waals surface area contributed by atoms with Gasteiger partial charge in [-0.3, -0.25) is 9.36 Å². The average Bonchev–Trinajstić information content (AvgIpc) is 2.91. The largest absolute Gasteiger partial charge is 0.416 e. The monoisotopic (exact) mass is 520 g/mol. The lowest BCUT2D eigenvalue weighted by molar-refractivity contribution is -0.137. The average molecular weight is 521 g/mol. The second kappa shape index (κ2) is 10.0. The van der Waals surface area contributed by atoms with Crippen molar-refractivity contribution in [3.63, 3.8) is 0 Å². The number of carbonyl (C=O) groups is 1. The lowest BCUT2D eigenvalue weighted by Gasteiger charge is -2.29. The van der Waals surface area contributed by atoms with Gasteiger partial charge in [-0.2, -0.15) is 13.2 Å². The lowest BCUT2D eigenvalue weighted by Crippen LogP contribution is -2.43. The highest BCUT2D eigenvalue weighted by molar-refractivity contribution is 5.71. The van der Waals surface area contributed by atoms with Crippen LogP contribution in [0.15, 0.2) is 89.7 Å². The van der Waals surface area contributed by atoms with Crippen molar-refractivity contribution in [1.82, 2.24) is 14.5 Å².